The topological polar surface area (TPSA) is 74.2 Å². The lowest BCUT2D eigenvalue weighted by Crippen LogP contribution is -2.30. The van der Waals surface area contributed by atoms with Gasteiger partial charge in [-0.3, -0.25) is 4.79 Å². The number of rotatable bonds is 3. The predicted molar refractivity (Wildman–Crippen MR) is 89.0 cm³/mol. The summed E-state index contributed by atoms with van der Waals surface area (Å²) in [6, 6.07) is 7.14. The molecule has 1 N–H and O–H groups in total. The molecule has 2 aliphatic rings. The monoisotopic (exact) mass is 342 g/mol. The summed E-state index contributed by atoms with van der Waals surface area (Å²) in [5.74, 6) is 1.83. The fraction of sp³-hybridized carbons (Fsp3) is 0.316. The Hall–Kier alpha value is -2.89. The van der Waals surface area contributed by atoms with E-state index in [1.54, 1.807) is 6.92 Å². The Kier molecular flexibility index (Phi) is 3.67. The Labute approximate surface area is 144 Å². The molecule has 25 heavy (non-hydrogen) atoms. The van der Waals surface area contributed by atoms with Gasteiger partial charge in [0.25, 0.3) is 0 Å². The third-order valence-electron chi connectivity index (χ3n) is 4.65. The number of Topliss-reactive ketones (excluding diaryl/α,β-unsaturated/α-hetero) is 1. The van der Waals surface area contributed by atoms with Crippen LogP contribution in [0.15, 0.2) is 24.3 Å². The Morgan fingerprint density at radius 3 is 2.76 bits per heavy atom. The first kappa shape index (κ1) is 15.6. The standard InChI is InChI=1S/C19H18O6/c1-10-13(20)7-16-17(19(10)22-2)18(21)12(8-23-16)5-11-3-4-14-15(6-11)25-9-24-14/h3-4,6-7,12,20H,5,8-9H2,1-2H3/t12-/m1/s1. The van der Waals surface area contributed by atoms with Crippen molar-refractivity contribution < 1.29 is 28.8 Å². The van der Waals surface area contributed by atoms with E-state index in [-0.39, 0.29) is 30.9 Å². The summed E-state index contributed by atoms with van der Waals surface area (Å²) in [7, 11) is 1.48. The first-order valence-electron chi connectivity index (χ1n) is 8.04. The predicted octanol–water partition coefficient (Wildman–Crippen LogP) is 2.87. The van der Waals surface area contributed by atoms with Crippen LogP contribution in [0.3, 0.4) is 0 Å². The van der Waals surface area contributed by atoms with Gasteiger partial charge in [-0.1, -0.05) is 6.07 Å². The molecule has 0 saturated heterocycles. The van der Waals surface area contributed by atoms with Crippen molar-refractivity contribution in [2.75, 3.05) is 20.5 Å². The number of carbonyl (C=O) groups is 1. The van der Waals surface area contributed by atoms with Gasteiger partial charge in [-0.05, 0) is 31.0 Å². The SMILES string of the molecule is COc1c(C)c(O)cc2c1C(=O)[C@H](Cc1ccc3c(c1)OCO3)CO2. The molecule has 0 unspecified atom stereocenters. The zero-order valence-electron chi connectivity index (χ0n) is 14.0. The van der Waals surface area contributed by atoms with E-state index in [2.05, 4.69) is 0 Å². The van der Waals surface area contributed by atoms with Crippen molar-refractivity contribution in [1.29, 1.82) is 0 Å². The van der Waals surface area contributed by atoms with Gasteiger partial charge >= 0.3 is 0 Å². The number of benzene rings is 2. The van der Waals surface area contributed by atoms with Crippen molar-refractivity contribution in [3.05, 3.63) is 41.0 Å². The van der Waals surface area contributed by atoms with Crippen LogP contribution in [0.25, 0.3) is 0 Å². The second-order valence-electron chi connectivity index (χ2n) is 6.19. The van der Waals surface area contributed by atoms with Crippen LogP contribution in [0.2, 0.25) is 0 Å². The van der Waals surface area contributed by atoms with E-state index >= 15 is 0 Å². The van der Waals surface area contributed by atoms with Crippen molar-refractivity contribution >= 4 is 5.78 Å². The lowest BCUT2D eigenvalue weighted by molar-refractivity contribution is 0.0825. The fourth-order valence-electron chi connectivity index (χ4n) is 3.30. The number of carbonyl (C=O) groups excluding carboxylic acids is 1. The maximum Gasteiger partial charge on any atom is 0.231 e. The Balaban J connectivity index is 1.64. The van der Waals surface area contributed by atoms with Gasteiger partial charge in [-0.15, -0.1) is 0 Å². The molecule has 2 aliphatic heterocycles. The van der Waals surface area contributed by atoms with Crippen LogP contribution in [0, 0.1) is 12.8 Å². The largest absolute Gasteiger partial charge is 0.507 e. The second-order valence-corrected chi connectivity index (χ2v) is 6.19. The number of hydrogen-bond donors (Lipinski definition) is 1. The molecule has 2 aromatic rings. The van der Waals surface area contributed by atoms with Gasteiger partial charge in [0.15, 0.2) is 17.3 Å². The molecule has 0 aromatic heterocycles. The molecule has 2 aromatic carbocycles. The van der Waals surface area contributed by atoms with Crippen LogP contribution in [-0.4, -0.2) is 31.4 Å². The highest BCUT2D eigenvalue weighted by molar-refractivity contribution is 6.04. The van der Waals surface area contributed by atoms with Gasteiger partial charge in [0.05, 0.1) is 19.6 Å². The molecule has 0 radical (unpaired) electrons. The lowest BCUT2D eigenvalue weighted by atomic mass is 9.88. The van der Waals surface area contributed by atoms with Crippen LogP contribution in [0.5, 0.6) is 28.7 Å². The molecule has 6 nitrogen and oxygen atoms in total. The van der Waals surface area contributed by atoms with Crippen molar-refractivity contribution in [2.45, 2.75) is 13.3 Å². The average Bonchev–Trinajstić information content (AvgIpc) is 3.07. The van der Waals surface area contributed by atoms with Crippen molar-refractivity contribution in [3.8, 4) is 28.7 Å². The molecule has 0 bridgehead atoms. The summed E-state index contributed by atoms with van der Waals surface area (Å²) in [5.41, 5.74) is 1.90. The summed E-state index contributed by atoms with van der Waals surface area (Å²) in [6.45, 7) is 2.19. The molecule has 130 valence electrons. The van der Waals surface area contributed by atoms with Crippen LogP contribution in [0.1, 0.15) is 21.5 Å². The van der Waals surface area contributed by atoms with Crippen LogP contribution in [0.4, 0.5) is 0 Å². The summed E-state index contributed by atoms with van der Waals surface area (Å²) in [6.07, 6.45) is 0.526. The van der Waals surface area contributed by atoms with Crippen molar-refractivity contribution in [2.24, 2.45) is 5.92 Å². The Morgan fingerprint density at radius 2 is 1.96 bits per heavy atom. The molecule has 0 amide bonds. The Bertz CT molecular complexity index is 857. The minimum absolute atomic E-state index is 0.0427. The normalized spacial score (nSPS) is 17.8. The second kappa shape index (κ2) is 5.88. The number of phenols is 1. The van der Waals surface area contributed by atoms with Crippen molar-refractivity contribution in [3.63, 3.8) is 0 Å². The molecule has 0 fully saturated rings. The van der Waals surface area contributed by atoms with Gasteiger partial charge in [-0.2, -0.15) is 0 Å². The molecule has 0 spiro atoms. The molecule has 4 rings (SSSR count). The highest BCUT2D eigenvalue weighted by Gasteiger charge is 2.34. The molecular formula is C19H18O6. The van der Waals surface area contributed by atoms with Crippen LogP contribution in [-0.2, 0) is 6.42 Å². The molecule has 2 heterocycles. The minimum atomic E-state index is -0.328. The van der Waals surface area contributed by atoms with Gasteiger partial charge in [0.2, 0.25) is 6.79 Å². The van der Waals surface area contributed by atoms with Gasteiger partial charge < -0.3 is 24.1 Å². The van der Waals surface area contributed by atoms with E-state index in [1.807, 2.05) is 18.2 Å². The highest BCUT2D eigenvalue weighted by atomic mass is 16.7. The maximum atomic E-state index is 13.0. The van der Waals surface area contributed by atoms with Gasteiger partial charge in [0, 0.05) is 11.6 Å². The maximum absolute atomic E-state index is 13.0. The van der Waals surface area contributed by atoms with E-state index in [9.17, 15) is 9.90 Å². The number of ether oxygens (including phenoxy) is 4. The smallest absolute Gasteiger partial charge is 0.231 e. The summed E-state index contributed by atoms with van der Waals surface area (Å²) < 4.78 is 21.8. The Morgan fingerprint density at radius 1 is 1.16 bits per heavy atom. The third-order valence-corrected chi connectivity index (χ3v) is 4.65. The molecule has 0 aliphatic carbocycles. The lowest BCUT2D eigenvalue weighted by Gasteiger charge is -2.26. The van der Waals surface area contributed by atoms with E-state index in [4.69, 9.17) is 18.9 Å². The number of aromatic hydroxyl groups is 1. The number of methoxy groups -OCH3 is 1. The summed E-state index contributed by atoms with van der Waals surface area (Å²) >= 11 is 0. The van der Waals surface area contributed by atoms with E-state index < -0.39 is 0 Å². The zero-order valence-corrected chi connectivity index (χ0v) is 14.0. The highest BCUT2D eigenvalue weighted by Crippen LogP contribution is 2.42. The number of phenolic OH excluding ortho intramolecular Hbond substituents is 1. The van der Waals surface area contributed by atoms with Crippen molar-refractivity contribution in [1.82, 2.24) is 0 Å². The fourth-order valence-corrected chi connectivity index (χ4v) is 3.30. The number of fused-ring (bicyclic) bond motifs is 2. The quantitative estimate of drug-likeness (QED) is 0.924. The minimum Gasteiger partial charge on any atom is -0.507 e. The number of hydrogen-bond acceptors (Lipinski definition) is 6. The third kappa shape index (κ3) is 2.54. The summed E-state index contributed by atoms with van der Waals surface area (Å²) in [4.78, 5) is 13.0. The molecule has 0 saturated carbocycles. The molecule has 6 heteroatoms. The molecule has 1 atom stereocenters. The first-order valence-corrected chi connectivity index (χ1v) is 8.04. The molecular weight excluding hydrogens is 324 g/mol. The zero-order chi connectivity index (χ0) is 17.6. The van der Waals surface area contributed by atoms with E-state index in [0.717, 1.165) is 5.56 Å². The first-order chi connectivity index (χ1) is 12.1. The average molecular weight is 342 g/mol. The van der Waals surface area contributed by atoms with Crippen LogP contribution >= 0.6 is 0 Å². The number of ketones is 1. The van der Waals surface area contributed by atoms with E-state index in [0.29, 0.717) is 40.5 Å². The van der Waals surface area contributed by atoms with Gasteiger partial charge in [0.1, 0.15) is 22.8 Å². The van der Waals surface area contributed by atoms with Crippen LogP contribution < -0.4 is 18.9 Å². The van der Waals surface area contributed by atoms with Gasteiger partial charge in [-0.25, -0.2) is 0 Å². The van der Waals surface area contributed by atoms with E-state index in [1.165, 1.54) is 13.2 Å². The summed E-state index contributed by atoms with van der Waals surface area (Å²) in [5, 5.41) is 9.97.